The highest BCUT2D eigenvalue weighted by molar-refractivity contribution is 7.46. The van der Waals surface area contributed by atoms with Crippen LogP contribution in [0.2, 0.25) is 0 Å². The smallest absolute Gasteiger partial charge is 0.444 e. The Bertz CT molecular complexity index is 1260. The third kappa shape index (κ3) is 7.11. The third-order valence-electron chi connectivity index (χ3n) is 5.06. The summed E-state index contributed by atoms with van der Waals surface area (Å²) in [6, 6.07) is 6.54. The van der Waals surface area contributed by atoms with E-state index < -0.39 is 61.9 Å². The molecule has 2 heterocycles. The number of benzene rings is 1. The number of nitrogens with one attached hydrogen (secondary N) is 2. The molecule has 14 nitrogen and oxygen atoms in total. The molecule has 0 aliphatic carbocycles. The van der Waals surface area contributed by atoms with Crippen molar-refractivity contribution in [1.82, 2.24) is 14.9 Å². The lowest BCUT2D eigenvalue weighted by Crippen LogP contribution is -2.38. The largest absolute Gasteiger partial charge is 0.469 e. The number of aliphatic hydroxyl groups excluding tert-OH is 2. The van der Waals surface area contributed by atoms with E-state index in [1.807, 2.05) is 0 Å². The van der Waals surface area contributed by atoms with Gasteiger partial charge < -0.3 is 34.8 Å². The number of amides is 1. The van der Waals surface area contributed by atoms with Crippen LogP contribution < -0.4 is 16.6 Å². The second kappa shape index (κ2) is 10.6. The lowest BCUT2D eigenvalue weighted by Gasteiger charge is -2.20. The highest BCUT2D eigenvalue weighted by Gasteiger charge is 2.45. The molecule has 198 valence electrons. The molecule has 2 aromatic rings. The van der Waals surface area contributed by atoms with Crippen molar-refractivity contribution < 1.29 is 43.4 Å². The van der Waals surface area contributed by atoms with Crippen LogP contribution in [0.5, 0.6) is 0 Å². The molecule has 36 heavy (non-hydrogen) atoms. The summed E-state index contributed by atoms with van der Waals surface area (Å²) < 4.78 is 26.7. The molecule has 1 fully saturated rings. The van der Waals surface area contributed by atoms with Crippen molar-refractivity contribution in [1.29, 1.82) is 0 Å². The molecule has 0 bridgehead atoms. The standard InChI is InChI=1S/C21H28N3O11P/c1-21(2,3)35-20(29)22-8-11-5-4-6-12(7-11)13-9-24(19(28)23-17(13)27)18-16(26)15(25)14(34-18)10-33-36(30,31)32/h4-7,9,14-16,18,25-26H,8,10H2,1-3H3,(H,22,29)(H,23,27,28)(H2,30,31,32)/t14-,15-,16-,18-/m1/s1. The molecule has 0 saturated carbocycles. The Morgan fingerprint density at radius 1 is 1.22 bits per heavy atom. The average Bonchev–Trinajstić information content (AvgIpc) is 3.03. The molecule has 6 N–H and O–H groups in total. The molecule has 1 aromatic carbocycles. The van der Waals surface area contributed by atoms with Gasteiger partial charge >= 0.3 is 19.6 Å². The molecule has 15 heteroatoms. The number of H-pyrrole nitrogens is 1. The zero-order valence-corrected chi connectivity index (χ0v) is 20.5. The predicted molar refractivity (Wildman–Crippen MR) is 124 cm³/mol. The number of hydrogen-bond donors (Lipinski definition) is 6. The van der Waals surface area contributed by atoms with Crippen LogP contribution in [0.4, 0.5) is 4.79 Å². The number of alkyl carbamates (subject to hydrolysis) is 1. The van der Waals surface area contributed by atoms with Crippen LogP contribution >= 0.6 is 7.82 Å². The second-order valence-corrected chi connectivity index (χ2v) is 10.3. The first-order chi connectivity index (χ1) is 16.6. The van der Waals surface area contributed by atoms with Crippen molar-refractivity contribution >= 4 is 13.9 Å². The maximum atomic E-state index is 12.5. The summed E-state index contributed by atoms with van der Waals surface area (Å²) >= 11 is 0. The van der Waals surface area contributed by atoms with Gasteiger partial charge in [0.2, 0.25) is 0 Å². The normalized spacial score (nSPS) is 22.4. The molecule has 3 rings (SSSR count). The highest BCUT2D eigenvalue weighted by atomic mass is 31.2. The minimum Gasteiger partial charge on any atom is -0.444 e. The first-order valence-corrected chi connectivity index (χ1v) is 12.3. The predicted octanol–water partition coefficient (Wildman–Crippen LogP) is -0.0432. The zero-order chi connectivity index (χ0) is 26.8. The summed E-state index contributed by atoms with van der Waals surface area (Å²) in [5.74, 6) is 0. The van der Waals surface area contributed by atoms with Gasteiger partial charge in [0, 0.05) is 12.7 Å². The monoisotopic (exact) mass is 529 g/mol. The van der Waals surface area contributed by atoms with E-state index in [4.69, 9.17) is 19.3 Å². The fourth-order valence-electron chi connectivity index (χ4n) is 3.48. The van der Waals surface area contributed by atoms with Crippen LogP contribution in [-0.4, -0.2) is 66.2 Å². The molecular formula is C21H28N3O11P. The van der Waals surface area contributed by atoms with Crippen molar-refractivity contribution in [3.63, 3.8) is 0 Å². The van der Waals surface area contributed by atoms with Gasteiger partial charge in [0.1, 0.15) is 23.9 Å². The first-order valence-electron chi connectivity index (χ1n) is 10.8. The van der Waals surface area contributed by atoms with Crippen molar-refractivity contribution in [2.75, 3.05) is 6.61 Å². The van der Waals surface area contributed by atoms with Gasteiger partial charge in [0.25, 0.3) is 5.56 Å². The van der Waals surface area contributed by atoms with E-state index in [9.17, 15) is 29.2 Å². The van der Waals surface area contributed by atoms with E-state index >= 15 is 0 Å². The molecule has 1 amide bonds. The Morgan fingerprint density at radius 3 is 2.56 bits per heavy atom. The minimum absolute atomic E-state index is 0.0222. The molecule has 0 spiro atoms. The topological polar surface area (TPSA) is 210 Å². The molecule has 0 unspecified atom stereocenters. The number of carbonyl (C=O) groups excluding carboxylic acids is 1. The van der Waals surface area contributed by atoms with E-state index in [1.54, 1.807) is 45.0 Å². The second-order valence-electron chi connectivity index (χ2n) is 9.10. The van der Waals surface area contributed by atoms with E-state index in [-0.39, 0.29) is 12.1 Å². The van der Waals surface area contributed by atoms with Crippen LogP contribution in [0.1, 0.15) is 32.6 Å². The summed E-state index contributed by atoms with van der Waals surface area (Å²) in [5.41, 5.74) is -1.33. The quantitative estimate of drug-likeness (QED) is 0.262. The van der Waals surface area contributed by atoms with Gasteiger partial charge in [0.05, 0.1) is 12.2 Å². The number of ether oxygens (including phenoxy) is 2. The van der Waals surface area contributed by atoms with E-state index in [0.717, 1.165) is 10.8 Å². The fraction of sp³-hybridized carbons (Fsp3) is 0.476. The number of phosphoric ester groups is 1. The third-order valence-corrected chi connectivity index (χ3v) is 5.55. The van der Waals surface area contributed by atoms with Gasteiger partial charge in [-0.3, -0.25) is 18.9 Å². The number of hydrogen-bond acceptors (Lipinski definition) is 9. The Kier molecular flexibility index (Phi) is 8.20. The van der Waals surface area contributed by atoms with Crippen molar-refractivity contribution in [2.24, 2.45) is 0 Å². The molecule has 0 radical (unpaired) electrons. The van der Waals surface area contributed by atoms with E-state index in [1.165, 1.54) is 0 Å². The summed E-state index contributed by atoms with van der Waals surface area (Å²) in [6.45, 7) is 4.52. The van der Waals surface area contributed by atoms with Crippen LogP contribution in [0.25, 0.3) is 11.1 Å². The SMILES string of the molecule is CC(C)(C)OC(=O)NCc1cccc(-c2cn([C@@H]3O[C@H](COP(=O)(O)O)[C@@H](O)[C@H]3O)c(=O)[nH]c2=O)c1. The van der Waals surface area contributed by atoms with Gasteiger partial charge in [0.15, 0.2) is 6.23 Å². The number of rotatable bonds is 7. The van der Waals surface area contributed by atoms with E-state index in [2.05, 4.69) is 14.8 Å². The van der Waals surface area contributed by atoms with Crippen LogP contribution in [0, 0.1) is 0 Å². The molecule has 1 aromatic heterocycles. The summed E-state index contributed by atoms with van der Waals surface area (Å²) in [4.78, 5) is 56.8. The summed E-state index contributed by atoms with van der Waals surface area (Å²) in [6.07, 6.45) is -5.63. The molecule has 1 aliphatic rings. The lowest BCUT2D eigenvalue weighted by molar-refractivity contribution is -0.0542. The van der Waals surface area contributed by atoms with Crippen LogP contribution in [0.3, 0.4) is 0 Å². The minimum atomic E-state index is -4.87. The lowest BCUT2D eigenvalue weighted by atomic mass is 10.1. The van der Waals surface area contributed by atoms with Crippen LogP contribution in [0.15, 0.2) is 40.1 Å². The van der Waals surface area contributed by atoms with Crippen molar-refractivity contribution in [3.05, 3.63) is 56.9 Å². The number of phosphoric acid groups is 1. The van der Waals surface area contributed by atoms with Gasteiger partial charge in [-0.1, -0.05) is 18.2 Å². The number of aliphatic hydroxyl groups is 2. The van der Waals surface area contributed by atoms with Crippen molar-refractivity contribution in [3.8, 4) is 11.1 Å². The van der Waals surface area contributed by atoms with Gasteiger partial charge in [-0.25, -0.2) is 14.2 Å². The zero-order valence-electron chi connectivity index (χ0n) is 19.7. The molecule has 1 saturated heterocycles. The fourth-order valence-corrected chi connectivity index (χ4v) is 3.83. The average molecular weight is 529 g/mol. The van der Waals surface area contributed by atoms with Gasteiger partial charge in [-0.05, 0) is 38.0 Å². The Labute approximate surface area is 204 Å². The molecule has 1 aliphatic heterocycles. The van der Waals surface area contributed by atoms with Gasteiger partial charge in [-0.2, -0.15) is 0 Å². The Hall–Kier alpha value is -2.84. The number of carbonyl (C=O) groups is 1. The van der Waals surface area contributed by atoms with E-state index in [0.29, 0.717) is 11.1 Å². The van der Waals surface area contributed by atoms with Crippen molar-refractivity contribution in [2.45, 2.75) is 57.5 Å². The highest BCUT2D eigenvalue weighted by Crippen LogP contribution is 2.38. The summed E-state index contributed by atoms with van der Waals surface area (Å²) in [5, 5.41) is 23.2. The summed E-state index contributed by atoms with van der Waals surface area (Å²) in [7, 11) is -4.87. The molecule has 4 atom stereocenters. The van der Waals surface area contributed by atoms with Crippen LogP contribution in [-0.2, 0) is 25.1 Å². The molecular weight excluding hydrogens is 501 g/mol. The number of nitrogens with zero attached hydrogens (tertiary/aromatic N) is 1. The Balaban J connectivity index is 1.84. The Morgan fingerprint density at radius 2 is 1.92 bits per heavy atom. The first kappa shape index (κ1) is 27.7. The number of aromatic amines is 1. The van der Waals surface area contributed by atoms with Gasteiger partial charge in [-0.15, -0.1) is 0 Å². The maximum Gasteiger partial charge on any atom is 0.469 e. The number of aromatic nitrogens is 2. The maximum absolute atomic E-state index is 12.5.